The van der Waals surface area contributed by atoms with E-state index in [0.717, 1.165) is 11.3 Å². The molecule has 1 aromatic carbocycles. The van der Waals surface area contributed by atoms with Crippen molar-refractivity contribution >= 4 is 23.2 Å². The first-order chi connectivity index (χ1) is 10.0. The minimum atomic E-state index is -0.309. The molecule has 21 heavy (non-hydrogen) atoms. The predicted octanol–water partition coefficient (Wildman–Crippen LogP) is 1.87. The number of hydrogen-bond donors (Lipinski definition) is 3. The molecule has 1 rings (SSSR count). The maximum atomic E-state index is 11.7. The third kappa shape index (κ3) is 6.27. The summed E-state index contributed by atoms with van der Waals surface area (Å²) >= 11 is 4.94. The van der Waals surface area contributed by atoms with Crippen LogP contribution in [0.15, 0.2) is 36.9 Å². The number of para-hydroxylation sites is 1. The maximum absolute atomic E-state index is 11.7. The largest absolute Gasteiger partial charge is 0.483 e. The second kappa shape index (κ2) is 8.97. The summed E-state index contributed by atoms with van der Waals surface area (Å²) < 4.78 is 5.54. The van der Waals surface area contributed by atoms with Gasteiger partial charge in [0.1, 0.15) is 5.75 Å². The van der Waals surface area contributed by atoms with Crippen molar-refractivity contribution in [2.24, 2.45) is 0 Å². The Balaban J connectivity index is 2.40. The first-order valence-corrected chi connectivity index (χ1v) is 7.10. The van der Waals surface area contributed by atoms with E-state index in [1.165, 1.54) is 0 Å². The molecule has 0 spiro atoms. The molecular weight excluding hydrogens is 286 g/mol. The van der Waals surface area contributed by atoms with Gasteiger partial charge in [0.2, 0.25) is 0 Å². The number of hydrazine groups is 1. The van der Waals surface area contributed by atoms with Gasteiger partial charge in [-0.3, -0.25) is 15.6 Å². The Labute approximate surface area is 130 Å². The molecule has 0 fully saturated rings. The van der Waals surface area contributed by atoms with Gasteiger partial charge < -0.3 is 10.1 Å². The zero-order valence-corrected chi connectivity index (χ0v) is 13.1. The number of hydrogen-bond acceptors (Lipinski definition) is 3. The summed E-state index contributed by atoms with van der Waals surface area (Å²) in [5.74, 6) is 0.740. The Kier molecular flexibility index (Phi) is 7.25. The molecule has 5 nitrogen and oxygen atoms in total. The molecule has 1 amide bonds. The van der Waals surface area contributed by atoms with E-state index in [1.807, 2.05) is 24.3 Å². The zero-order chi connectivity index (χ0) is 15.7. The van der Waals surface area contributed by atoms with Gasteiger partial charge in [-0.2, -0.15) is 0 Å². The van der Waals surface area contributed by atoms with E-state index in [0.29, 0.717) is 17.6 Å². The van der Waals surface area contributed by atoms with Crippen LogP contribution in [0.3, 0.4) is 0 Å². The molecule has 0 radical (unpaired) electrons. The number of carbonyl (C=O) groups is 1. The van der Waals surface area contributed by atoms with Gasteiger partial charge >= 0.3 is 0 Å². The fraction of sp³-hybridized carbons (Fsp3) is 0.333. The van der Waals surface area contributed by atoms with Crippen LogP contribution in [0.2, 0.25) is 0 Å². The average Bonchev–Trinajstić information content (AvgIpc) is 2.48. The predicted molar refractivity (Wildman–Crippen MR) is 88.1 cm³/mol. The molecule has 0 bridgehead atoms. The number of thiocarbonyl (C=S) groups is 1. The SMILES string of the molecule is C=CCNC(=S)NNC(=O)COc1ccccc1C(C)C. The lowest BCUT2D eigenvalue weighted by Crippen LogP contribution is -2.48. The third-order valence-corrected chi connectivity index (χ3v) is 2.87. The molecule has 0 aliphatic carbocycles. The lowest BCUT2D eigenvalue weighted by molar-refractivity contribution is -0.123. The molecule has 0 aliphatic rings. The molecule has 114 valence electrons. The minimum absolute atomic E-state index is 0.0825. The van der Waals surface area contributed by atoms with Crippen LogP contribution in [0, 0.1) is 0 Å². The molecule has 0 aliphatic heterocycles. The quantitative estimate of drug-likeness (QED) is 0.425. The van der Waals surface area contributed by atoms with E-state index < -0.39 is 0 Å². The lowest BCUT2D eigenvalue weighted by atomic mass is 10.0. The van der Waals surface area contributed by atoms with Gasteiger partial charge in [-0.1, -0.05) is 38.1 Å². The van der Waals surface area contributed by atoms with Gasteiger partial charge in [0.15, 0.2) is 11.7 Å². The molecule has 0 saturated carbocycles. The topological polar surface area (TPSA) is 62.4 Å². The highest BCUT2D eigenvalue weighted by Crippen LogP contribution is 2.25. The summed E-state index contributed by atoms with van der Waals surface area (Å²) in [6, 6.07) is 7.68. The van der Waals surface area contributed by atoms with Crippen molar-refractivity contribution < 1.29 is 9.53 Å². The fourth-order valence-electron chi connectivity index (χ4n) is 1.60. The van der Waals surface area contributed by atoms with Crippen molar-refractivity contribution in [3.63, 3.8) is 0 Å². The van der Waals surface area contributed by atoms with Crippen LogP contribution in [0.4, 0.5) is 0 Å². The van der Waals surface area contributed by atoms with Crippen molar-refractivity contribution in [2.45, 2.75) is 19.8 Å². The molecular formula is C15H21N3O2S. The van der Waals surface area contributed by atoms with Gasteiger partial charge in [-0.15, -0.1) is 6.58 Å². The second-order valence-corrected chi connectivity index (χ2v) is 5.06. The first-order valence-electron chi connectivity index (χ1n) is 6.70. The van der Waals surface area contributed by atoms with Crippen LogP contribution in [0.25, 0.3) is 0 Å². The Morgan fingerprint density at radius 1 is 1.38 bits per heavy atom. The minimum Gasteiger partial charge on any atom is -0.483 e. The summed E-state index contributed by atoms with van der Waals surface area (Å²) in [6.45, 7) is 8.16. The average molecular weight is 307 g/mol. The van der Waals surface area contributed by atoms with Gasteiger partial charge in [0.05, 0.1) is 0 Å². The third-order valence-electron chi connectivity index (χ3n) is 2.62. The summed E-state index contributed by atoms with van der Waals surface area (Å²) in [4.78, 5) is 11.7. The molecule has 3 N–H and O–H groups in total. The molecule has 6 heteroatoms. The lowest BCUT2D eigenvalue weighted by Gasteiger charge is -2.14. The van der Waals surface area contributed by atoms with E-state index in [2.05, 4.69) is 36.6 Å². The normalized spacial score (nSPS) is 9.86. The van der Waals surface area contributed by atoms with Crippen molar-refractivity contribution in [2.75, 3.05) is 13.2 Å². The van der Waals surface area contributed by atoms with Crippen LogP contribution in [0.5, 0.6) is 5.75 Å². The van der Waals surface area contributed by atoms with Crippen LogP contribution >= 0.6 is 12.2 Å². The maximum Gasteiger partial charge on any atom is 0.276 e. The zero-order valence-electron chi connectivity index (χ0n) is 12.3. The van der Waals surface area contributed by atoms with Gasteiger partial charge in [0.25, 0.3) is 5.91 Å². The van der Waals surface area contributed by atoms with Crippen LogP contribution in [0.1, 0.15) is 25.3 Å². The molecule has 1 aromatic rings. The van der Waals surface area contributed by atoms with Crippen molar-refractivity contribution in [3.05, 3.63) is 42.5 Å². The number of nitrogens with one attached hydrogen (secondary N) is 3. The van der Waals surface area contributed by atoms with Gasteiger partial charge in [-0.25, -0.2) is 0 Å². The first kappa shape index (κ1) is 17.0. The standard InChI is InChI=1S/C15H21N3O2S/c1-4-9-16-15(21)18-17-14(19)10-20-13-8-6-5-7-12(13)11(2)3/h4-8,11H,1,9-10H2,2-3H3,(H,17,19)(H2,16,18,21). The molecule has 0 aromatic heterocycles. The number of amides is 1. The van der Waals surface area contributed by atoms with Crippen molar-refractivity contribution in [3.8, 4) is 5.75 Å². The van der Waals surface area contributed by atoms with Gasteiger partial charge in [0, 0.05) is 6.54 Å². The Bertz CT molecular complexity index is 503. The smallest absolute Gasteiger partial charge is 0.276 e. The Morgan fingerprint density at radius 3 is 2.76 bits per heavy atom. The van der Waals surface area contributed by atoms with E-state index >= 15 is 0 Å². The highest BCUT2D eigenvalue weighted by molar-refractivity contribution is 7.80. The Morgan fingerprint density at radius 2 is 2.10 bits per heavy atom. The van der Waals surface area contributed by atoms with Crippen molar-refractivity contribution in [1.82, 2.24) is 16.2 Å². The summed E-state index contributed by atoms with van der Waals surface area (Å²) in [6.07, 6.45) is 1.67. The summed E-state index contributed by atoms with van der Waals surface area (Å²) in [5, 5.41) is 3.16. The van der Waals surface area contributed by atoms with Crippen LogP contribution in [-0.4, -0.2) is 24.2 Å². The highest BCUT2D eigenvalue weighted by atomic mass is 32.1. The molecule has 0 unspecified atom stereocenters. The monoisotopic (exact) mass is 307 g/mol. The molecule has 0 heterocycles. The van der Waals surface area contributed by atoms with Gasteiger partial charge in [-0.05, 0) is 29.8 Å². The van der Waals surface area contributed by atoms with Crippen LogP contribution in [-0.2, 0) is 4.79 Å². The van der Waals surface area contributed by atoms with Crippen LogP contribution < -0.4 is 20.9 Å². The fourth-order valence-corrected chi connectivity index (χ4v) is 1.74. The van der Waals surface area contributed by atoms with E-state index in [-0.39, 0.29) is 12.5 Å². The molecule has 0 saturated heterocycles. The summed E-state index contributed by atoms with van der Waals surface area (Å²) in [7, 11) is 0. The number of carbonyl (C=O) groups excluding carboxylic acids is 1. The van der Waals surface area contributed by atoms with E-state index in [9.17, 15) is 4.79 Å². The number of ether oxygens (including phenoxy) is 1. The summed E-state index contributed by atoms with van der Waals surface area (Å²) in [5.41, 5.74) is 6.11. The highest BCUT2D eigenvalue weighted by Gasteiger charge is 2.09. The number of benzene rings is 1. The van der Waals surface area contributed by atoms with Crippen molar-refractivity contribution in [1.29, 1.82) is 0 Å². The second-order valence-electron chi connectivity index (χ2n) is 4.65. The van der Waals surface area contributed by atoms with E-state index in [1.54, 1.807) is 6.08 Å². The Hall–Kier alpha value is -2.08. The molecule has 0 atom stereocenters. The van der Waals surface area contributed by atoms with E-state index in [4.69, 9.17) is 17.0 Å². The number of rotatable bonds is 6.